The predicted molar refractivity (Wildman–Crippen MR) is 83.1 cm³/mol. The van der Waals surface area contributed by atoms with E-state index in [1.54, 1.807) is 0 Å². The maximum absolute atomic E-state index is 10.9. The molecule has 4 nitrogen and oxygen atoms in total. The van der Waals surface area contributed by atoms with Gasteiger partial charge in [0, 0.05) is 28.6 Å². The molecule has 21 heavy (non-hydrogen) atoms. The Morgan fingerprint density at radius 2 is 1.90 bits per heavy atom. The van der Waals surface area contributed by atoms with Crippen LogP contribution in [0.4, 0.5) is 5.69 Å². The van der Waals surface area contributed by atoms with Gasteiger partial charge in [0.25, 0.3) is 5.69 Å². The summed E-state index contributed by atoms with van der Waals surface area (Å²) in [4.78, 5) is 10.5. The normalized spacial score (nSPS) is 12.1. The summed E-state index contributed by atoms with van der Waals surface area (Å²) in [5.74, 6) is 0.329. The van der Waals surface area contributed by atoms with E-state index in [2.05, 4.69) is 0 Å². The second-order valence-corrected chi connectivity index (χ2v) is 5.10. The Morgan fingerprint density at radius 1 is 1.19 bits per heavy atom. The van der Waals surface area contributed by atoms with Crippen molar-refractivity contribution < 1.29 is 9.66 Å². The summed E-state index contributed by atoms with van der Waals surface area (Å²) in [6.07, 6.45) is -0.489. The van der Waals surface area contributed by atoms with Gasteiger partial charge in [-0.15, -0.1) is 11.6 Å². The number of nitrogens with zero attached hydrogens (tertiary/aromatic N) is 1. The molecule has 0 aliphatic heterocycles. The van der Waals surface area contributed by atoms with Crippen molar-refractivity contribution in [3.05, 3.63) is 74.8 Å². The highest BCUT2D eigenvalue weighted by molar-refractivity contribution is 6.31. The molecule has 0 saturated heterocycles. The van der Waals surface area contributed by atoms with E-state index in [1.165, 1.54) is 18.2 Å². The standard InChI is InChI=1S/C15H13Cl2NO3/c16-8-9-21-15(11-4-2-1-3-5-11)13-10-12(18(19)20)6-7-14(13)17/h1-7,10,15H,8-9H2. The van der Waals surface area contributed by atoms with Crippen molar-refractivity contribution in [3.8, 4) is 0 Å². The van der Waals surface area contributed by atoms with Gasteiger partial charge in [0.1, 0.15) is 6.10 Å². The number of hydrogen-bond acceptors (Lipinski definition) is 3. The van der Waals surface area contributed by atoms with Gasteiger partial charge in [-0.25, -0.2) is 0 Å². The fraction of sp³-hybridized carbons (Fsp3) is 0.200. The van der Waals surface area contributed by atoms with Gasteiger partial charge in [-0.05, 0) is 11.6 Å². The summed E-state index contributed by atoms with van der Waals surface area (Å²) >= 11 is 11.9. The molecule has 0 N–H and O–H groups in total. The first-order valence-electron chi connectivity index (χ1n) is 6.30. The molecule has 110 valence electrons. The minimum absolute atomic E-state index is 0.0233. The molecule has 2 aromatic carbocycles. The zero-order chi connectivity index (χ0) is 15.2. The van der Waals surface area contributed by atoms with Crippen LogP contribution in [0.2, 0.25) is 5.02 Å². The van der Waals surface area contributed by atoms with Crippen LogP contribution < -0.4 is 0 Å². The van der Waals surface area contributed by atoms with E-state index in [-0.39, 0.29) is 5.69 Å². The Balaban J connectivity index is 2.45. The molecular formula is C15H13Cl2NO3. The molecule has 0 aliphatic carbocycles. The molecular weight excluding hydrogens is 313 g/mol. The fourth-order valence-electron chi connectivity index (χ4n) is 2.00. The molecule has 1 atom stereocenters. The van der Waals surface area contributed by atoms with E-state index in [4.69, 9.17) is 27.9 Å². The molecule has 6 heteroatoms. The third-order valence-corrected chi connectivity index (χ3v) is 3.44. The second kappa shape index (κ2) is 7.41. The molecule has 0 aromatic heterocycles. The van der Waals surface area contributed by atoms with Gasteiger partial charge in [-0.3, -0.25) is 10.1 Å². The Kier molecular flexibility index (Phi) is 5.56. The minimum Gasteiger partial charge on any atom is -0.367 e. The maximum atomic E-state index is 10.9. The SMILES string of the molecule is O=[N+]([O-])c1ccc(Cl)c(C(OCCCl)c2ccccc2)c1. The van der Waals surface area contributed by atoms with E-state index < -0.39 is 11.0 Å². The van der Waals surface area contributed by atoms with Crippen molar-refractivity contribution in [2.45, 2.75) is 6.10 Å². The van der Waals surface area contributed by atoms with E-state index in [0.29, 0.717) is 23.1 Å². The second-order valence-electron chi connectivity index (χ2n) is 4.31. The number of non-ortho nitro benzene ring substituents is 1. The third kappa shape index (κ3) is 3.94. The number of ether oxygens (including phenoxy) is 1. The number of alkyl halides is 1. The van der Waals surface area contributed by atoms with Crippen molar-refractivity contribution >= 4 is 28.9 Å². The summed E-state index contributed by atoms with van der Waals surface area (Å²) in [6, 6.07) is 13.7. The first-order chi connectivity index (χ1) is 10.1. The number of halogens is 2. The van der Waals surface area contributed by atoms with Crippen LogP contribution in [-0.2, 0) is 4.74 Å². The molecule has 0 bridgehead atoms. The molecule has 0 radical (unpaired) electrons. The molecule has 0 amide bonds. The lowest BCUT2D eigenvalue weighted by molar-refractivity contribution is -0.385. The van der Waals surface area contributed by atoms with Crippen LogP contribution in [0.5, 0.6) is 0 Å². The van der Waals surface area contributed by atoms with Crippen LogP contribution in [-0.4, -0.2) is 17.4 Å². The van der Waals surface area contributed by atoms with E-state index in [9.17, 15) is 10.1 Å². The van der Waals surface area contributed by atoms with E-state index in [1.807, 2.05) is 30.3 Å². The van der Waals surface area contributed by atoms with Gasteiger partial charge >= 0.3 is 0 Å². The average Bonchev–Trinajstić information content (AvgIpc) is 2.50. The number of nitro benzene ring substituents is 1. The molecule has 0 spiro atoms. The summed E-state index contributed by atoms with van der Waals surface area (Å²) in [7, 11) is 0. The first kappa shape index (κ1) is 15.8. The molecule has 2 rings (SSSR count). The monoisotopic (exact) mass is 325 g/mol. The Labute approximate surface area is 132 Å². The summed E-state index contributed by atoms with van der Waals surface area (Å²) < 4.78 is 5.74. The van der Waals surface area contributed by atoms with Gasteiger partial charge in [-0.2, -0.15) is 0 Å². The smallest absolute Gasteiger partial charge is 0.269 e. The highest BCUT2D eigenvalue weighted by Crippen LogP contribution is 2.33. The number of nitro groups is 1. The van der Waals surface area contributed by atoms with Crippen molar-refractivity contribution in [1.29, 1.82) is 0 Å². The predicted octanol–water partition coefficient (Wildman–Crippen LogP) is 4.59. The van der Waals surface area contributed by atoms with Gasteiger partial charge in [0.05, 0.1) is 11.5 Å². The van der Waals surface area contributed by atoms with Crippen LogP contribution in [0.15, 0.2) is 48.5 Å². The zero-order valence-electron chi connectivity index (χ0n) is 11.0. The van der Waals surface area contributed by atoms with E-state index >= 15 is 0 Å². The molecule has 0 fully saturated rings. The third-order valence-electron chi connectivity index (χ3n) is 2.94. The number of rotatable bonds is 6. The lowest BCUT2D eigenvalue weighted by atomic mass is 10.0. The summed E-state index contributed by atoms with van der Waals surface area (Å²) in [6.45, 7) is 0.320. The average molecular weight is 326 g/mol. The summed E-state index contributed by atoms with van der Waals surface area (Å²) in [5, 5.41) is 11.4. The molecule has 2 aromatic rings. The van der Waals surface area contributed by atoms with Crippen LogP contribution in [0, 0.1) is 10.1 Å². The van der Waals surface area contributed by atoms with Crippen LogP contribution in [0.1, 0.15) is 17.2 Å². The first-order valence-corrected chi connectivity index (χ1v) is 7.21. The maximum Gasteiger partial charge on any atom is 0.269 e. The van der Waals surface area contributed by atoms with Gasteiger partial charge in [-0.1, -0.05) is 41.9 Å². The topological polar surface area (TPSA) is 52.4 Å². The van der Waals surface area contributed by atoms with Crippen LogP contribution in [0.25, 0.3) is 0 Å². The van der Waals surface area contributed by atoms with Crippen molar-refractivity contribution in [2.24, 2.45) is 0 Å². The highest BCUT2D eigenvalue weighted by atomic mass is 35.5. The van der Waals surface area contributed by atoms with E-state index in [0.717, 1.165) is 5.56 Å². The summed E-state index contributed by atoms with van der Waals surface area (Å²) in [5.41, 5.74) is 1.40. The van der Waals surface area contributed by atoms with Crippen molar-refractivity contribution in [3.63, 3.8) is 0 Å². The fourth-order valence-corrected chi connectivity index (χ4v) is 2.31. The lowest BCUT2D eigenvalue weighted by Crippen LogP contribution is -2.09. The highest BCUT2D eigenvalue weighted by Gasteiger charge is 2.20. The zero-order valence-corrected chi connectivity index (χ0v) is 12.6. The van der Waals surface area contributed by atoms with Gasteiger partial charge < -0.3 is 4.74 Å². The molecule has 1 unspecified atom stereocenters. The molecule has 0 saturated carbocycles. The van der Waals surface area contributed by atoms with Crippen molar-refractivity contribution in [1.82, 2.24) is 0 Å². The minimum atomic E-state index is -0.489. The van der Waals surface area contributed by atoms with Crippen LogP contribution >= 0.6 is 23.2 Å². The largest absolute Gasteiger partial charge is 0.367 e. The molecule has 0 aliphatic rings. The Hall–Kier alpha value is -1.62. The van der Waals surface area contributed by atoms with Crippen LogP contribution in [0.3, 0.4) is 0 Å². The molecule has 0 heterocycles. The number of benzene rings is 2. The Bertz CT molecular complexity index is 620. The number of hydrogen-bond donors (Lipinski definition) is 0. The quantitative estimate of drug-likeness (QED) is 0.443. The van der Waals surface area contributed by atoms with Gasteiger partial charge in [0.2, 0.25) is 0 Å². The van der Waals surface area contributed by atoms with Gasteiger partial charge in [0.15, 0.2) is 0 Å². The lowest BCUT2D eigenvalue weighted by Gasteiger charge is -2.19. The Morgan fingerprint density at radius 3 is 2.52 bits per heavy atom. The van der Waals surface area contributed by atoms with Crippen molar-refractivity contribution in [2.75, 3.05) is 12.5 Å².